The van der Waals surface area contributed by atoms with Gasteiger partial charge in [0.1, 0.15) is 24.4 Å². The minimum absolute atomic E-state index is 0.201. The first-order valence-corrected chi connectivity index (χ1v) is 6.03. The second-order valence-corrected chi connectivity index (χ2v) is 4.46. The fourth-order valence-corrected chi connectivity index (χ4v) is 2.14. The smallest absolute Gasteiger partial charge is 0.251 e. The Kier molecular flexibility index (Phi) is 4.16. The molecule has 2 rings (SSSR count). The van der Waals surface area contributed by atoms with E-state index in [0.717, 1.165) is 0 Å². The topological polar surface area (TPSA) is 99.0 Å². The number of aliphatic hydroxyl groups is 3. The Bertz CT molecular complexity index is 447. The van der Waals surface area contributed by atoms with Crippen molar-refractivity contribution in [2.24, 2.45) is 0 Å². The molecule has 19 heavy (non-hydrogen) atoms. The van der Waals surface area contributed by atoms with Gasteiger partial charge in [-0.3, -0.25) is 4.79 Å². The van der Waals surface area contributed by atoms with Gasteiger partial charge in [0.2, 0.25) is 0 Å². The summed E-state index contributed by atoms with van der Waals surface area (Å²) in [6, 6.07) is 6.54. The van der Waals surface area contributed by atoms with Crippen LogP contribution in [0.4, 0.5) is 0 Å². The SMILES string of the molecule is CNC(=O)c1ccc([C@@H]2O[C@H](CO)[C@@H](O)[C@H]2O)cc1. The molecule has 0 saturated carbocycles. The number of nitrogens with one attached hydrogen (secondary N) is 1. The third-order valence-electron chi connectivity index (χ3n) is 3.27. The van der Waals surface area contributed by atoms with E-state index in [2.05, 4.69) is 5.32 Å². The number of aliphatic hydroxyl groups excluding tert-OH is 3. The van der Waals surface area contributed by atoms with Crippen molar-refractivity contribution in [2.45, 2.75) is 24.4 Å². The summed E-state index contributed by atoms with van der Waals surface area (Å²) in [5.41, 5.74) is 1.15. The average molecular weight is 267 g/mol. The van der Waals surface area contributed by atoms with Crippen LogP contribution in [0.25, 0.3) is 0 Å². The molecule has 1 fully saturated rings. The number of hydrogen-bond acceptors (Lipinski definition) is 5. The largest absolute Gasteiger partial charge is 0.394 e. The molecular weight excluding hydrogens is 250 g/mol. The van der Waals surface area contributed by atoms with Crippen molar-refractivity contribution < 1.29 is 24.9 Å². The van der Waals surface area contributed by atoms with E-state index in [-0.39, 0.29) is 12.5 Å². The van der Waals surface area contributed by atoms with Crippen LogP contribution >= 0.6 is 0 Å². The zero-order chi connectivity index (χ0) is 14.0. The molecule has 6 heteroatoms. The van der Waals surface area contributed by atoms with E-state index >= 15 is 0 Å². The molecule has 4 N–H and O–H groups in total. The zero-order valence-corrected chi connectivity index (χ0v) is 10.5. The van der Waals surface area contributed by atoms with E-state index in [0.29, 0.717) is 11.1 Å². The van der Waals surface area contributed by atoms with Crippen LogP contribution in [0, 0.1) is 0 Å². The molecule has 0 aliphatic carbocycles. The normalized spacial score (nSPS) is 30.3. The van der Waals surface area contributed by atoms with Crippen LogP contribution in [-0.4, -0.2) is 53.2 Å². The summed E-state index contributed by atoms with van der Waals surface area (Å²) in [6.45, 7) is -0.356. The highest BCUT2D eigenvalue weighted by molar-refractivity contribution is 5.93. The van der Waals surface area contributed by atoms with Crippen molar-refractivity contribution in [2.75, 3.05) is 13.7 Å². The number of rotatable bonds is 3. The fourth-order valence-electron chi connectivity index (χ4n) is 2.14. The maximum Gasteiger partial charge on any atom is 0.251 e. The number of carbonyl (C=O) groups excluding carboxylic acids is 1. The van der Waals surface area contributed by atoms with Crippen LogP contribution < -0.4 is 5.32 Å². The Balaban J connectivity index is 2.17. The van der Waals surface area contributed by atoms with Crippen molar-refractivity contribution in [1.29, 1.82) is 0 Å². The zero-order valence-electron chi connectivity index (χ0n) is 10.5. The van der Waals surface area contributed by atoms with E-state index in [1.165, 1.54) is 0 Å². The predicted molar refractivity (Wildman–Crippen MR) is 66.5 cm³/mol. The second-order valence-electron chi connectivity index (χ2n) is 4.46. The molecule has 1 amide bonds. The summed E-state index contributed by atoms with van der Waals surface area (Å²) in [4.78, 5) is 11.4. The first kappa shape index (κ1) is 14.0. The van der Waals surface area contributed by atoms with Crippen LogP contribution in [0.3, 0.4) is 0 Å². The Morgan fingerprint density at radius 3 is 2.37 bits per heavy atom. The molecule has 0 aromatic heterocycles. The van der Waals surface area contributed by atoms with Crippen molar-refractivity contribution in [3.63, 3.8) is 0 Å². The molecule has 1 aromatic rings. The van der Waals surface area contributed by atoms with E-state index in [9.17, 15) is 15.0 Å². The number of amides is 1. The lowest BCUT2D eigenvalue weighted by molar-refractivity contribution is -0.0227. The number of carbonyl (C=O) groups is 1. The summed E-state index contributed by atoms with van der Waals surface area (Å²) in [5.74, 6) is -0.201. The van der Waals surface area contributed by atoms with Gasteiger partial charge in [0.25, 0.3) is 5.91 Å². The van der Waals surface area contributed by atoms with Gasteiger partial charge in [-0.2, -0.15) is 0 Å². The Labute approximate surface area is 110 Å². The van der Waals surface area contributed by atoms with Crippen molar-refractivity contribution in [1.82, 2.24) is 5.32 Å². The predicted octanol–water partition coefficient (Wildman–Crippen LogP) is -0.800. The third kappa shape index (κ3) is 2.62. The molecule has 1 heterocycles. The van der Waals surface area contributed by atoms with Crippen LogP contribution in [0.2, 0.25) is 0 Å². The van der Waals surface area contributed by atoms with Crippen LogP contribution in [0.1, 0.15) is 22.0 Å². The lowest BCUT2D eigenvalue weighted by Gasteiger charge is -2.15. The van der Waals surface area contributed by atoms with Crippen molar-refractivity contribution in [3.8, 4) is 0 Å². The highest BCUT2D eigenvalue weighted by Gasteiger charge is 2.42. The van der Waals surface area contributed by atoms with Crippen molar-refractivity contribution >= 4 is 5.91 Å². The molecule has 0 spiro atoms. The molecule has 1 aliphatic rings. The van der Waals surface area contributed by atoms with Gasteiger partial charge in [0.15, 0.2) is 0 Å². The van der Waals surface area contributed by atoms with E-state index < -0.39 is 24.4 Å². The first-order valence-electron chi connectivity index (χ1n) is 6.03. The van der Waals surface area contributed by atoms with Crippen LogP contribution in [0.15, 0.2) is 24.3 Å². The second kappa shape index (κ2) is 5.66. The van der Waals surface area contributed by atoms with E-state index in [1.54, 1.807) is 31.3 Å². The summed E-state index contributed by atoms with van der Waals surface area (Å²) >= 11 is 0. The monoisotopic (exact) mass is 267 g/mol. The Morgan fingerprint density at radius 1 is 1.26 bits per heavy atom. The van der Waals surface area contributed by atoms with Crippen molar-refractivity contribution in [3.05, 3.63) is 35.4 Å². The molecule has 6 nitrogen and oxygen atoms in total. The minimum atomic E-state index is -1.12. The molecule has 4 atom stereocenters. The summed E-state index contributed by atoms with van der Waals surface area (Å²) in [6.07, 6.45) is -3.71. The summed E-state index contributed by atoms with van der Waals surface area (Å²) < 4.78 is 5.40. The summed E-state index contributed by atoms with van der Waals surface area (Å²) in [5, 5.41) is 31.1. The first-order chi connectivity index (χ1) is 9.08. The van der Waals surface area contributed by atoms with Gasteiger partial charge in [0.05, 0.1) is 6.61 Å². The lowest BCUT2D eigenvalue weighted by Crippen LogP contribution is -2.32. The minimum Gasteiger partial charge on any atom is -0.394 e. The van der Waals surface area contributed by atoms with Gasteiger partial charge in [0, 0.05) is 12.6 Å². The van der Waals surface area contributed by atoms with Gasteiger partial charge >= 0.3 is 0 Å². The standard InChI is InChI=1S/C13H17NO5/c1-14-13(18)8-4-2-7(3-5-8)12-11(17)10(16)9(6-15)19-12/h2-5,9-12,15-17H,6H2,1H3,(H,14,18)/t9-,10-,11-,12+/m1/s1. The molecule has 1 saturated heterocycles. The molecule has 1 aliphatic heterocycles. The fraction of sp³-hybridized carbons (Fsp3) is 0.462. The molecular formula is C13H17NO5. The lowest BCUT2D eigenvalue weighted by atomic mass is 10.0. The molecule has 0 unspecified atom stereocenters. The Morgan fingerprint density at radius 2 is 1.89 bits per heavy atom. The maximum absolute atomic E-state index is 11.4. The highest BCUT2D eigenvalue weighted by Crippen LogP contribution is 2.33. The molecule has 0 bridgehead atoms. The number of ether oxygens (including phenoxy) is 1. The summed E-state index contributed by atoms with van der Waals surface area (Å²) in [7, 11) is 1.54. The van der Waals surface area contributed by atoms with Gasteiger partial charge in [-0.05, 0) is 17.7 Å². The molecule has 104 valence electrons. The molecule has 1 aromatic carbocycles. The van der Waals surface area contributed by atoms with Gasteiger partial charge < -0.3 is 25.4 Å². The van der Waals surface area contributed by atoms with Crippen LogP contribution in [-0.2, 0) is 4.74 Å². The maximum atomic E-state index is 11.4. The highest BCUT2D eigenvalue weighted by atomic mass is 16.6. The average Bonchev–Trinajstić information content (AvgIpc) is 2.74. The number of hydrogen-bond donors (Lipinski definition) is 4. The number of benzene rings is 1. The van der Waals surface area contributed by atoms with Gasteiger partial charge in [-0.25, -0.2) is 0 Å². The molecule has 0 radical (unpaired) electrons. The van der Waals surface area contributed by atoms with Crippen LogP contribution in [0.5, 0.6) is 0 Å². The van der Waals surface area contributed by atoms with Gasteiger partial charge in [-0.15, -0.1) is 0 Å². The quantitative estimate of drug-likeness (QED) is 0.574. The van der Waals surface area contributed by atoms with Gasteiger partial charge in [-0.1, -0.05) is 12.1 Å². The van der Waals surface area contributed by atoms with E-state index in [4.69, 9.17) is 9.84 Å². The Hall–Kier alpha value is -1.47. The third-order valence-corrected chi connectivity index (χ3v) is 3.27. The van der Waals surface area contributed by atoms with E-state index in [1.807, 2.05) is 0 Å².